The van der Waals surface area contributed by atoms with Gasteiger partial charge in [0.1, 0.15) is 5.37 Å². The SMILES string of the molecule is Cc1ccc(NC(C)[SH](=O)=O)cc1. The predicted molar refractivity (Wildman–Crippen MR) is 54.6 cm³/mol. The second-order valence-electron chi connectivity index (χ2n) is 2.97. The van der Waals surface area contributed by atoms with E-state index >= 15 is 0 Å². The van der Waals surface area contributed by atoms with Gasteiger partial charge in [-0.1, -0.05) is 17.7 Å². The third-order valence-electron chi connectivity index (χ3n) is 1.74. The standard InChI is InChI=1S/C9H13NO2S/c1-7-3-5-9(6-4-7)10-8(2)13(11)12/h3-6,8,10,13H,1-2H3. The molecule has 0 heterocycles. The number of hydrogen-bond acceptors (Lipinski definition) is 3. The minimum Gasteiger partial charge on any atom is -0.370 e. The van der Waals surface area contributed by atoms with Crippen LogP contribution in [0, 0.1) is 6.92 Å². The minimum absolute atomic E-state index is 0.516. The fourth-order valence-electron chi connectivity index (χ4n) is 0.944. The molecule has 0 radical (unpaired) electrons. The summed E-state index contributed by atoms with van der Waals surface area (Å²) in [5.41, 5.74) is 1.99. The molecule has 0 saturated heterocycles. The average Bonchev–Trinajstić information content (AvgIpc) is 2.08. The van der Waals surface area contributed by atoms with Crippen molar-refractivity contribution in [1.29, 1.82) is 0 Å². The molecule has 1 aromatic rings. The first-order valence-corrected chi connectivity index (χ1v) is 5.31. The maximum atomic E-state index is 10.5. The Labute approximate surface area is 79.7 Å². The molecule has 4 heteroatoms. The van der Waals surface area contributed by atoms with Gasteiger partial charge in [-0.25, -0.2) is 8.42 Å². The Bertz CT molecular complexity index is 335. The van der Waals surface area contributed by atoms with Crippen LogP contribution in [-0.2, 0) is 10.7 Å². The Balaban J connectivity index is 2.69. The molecule has 0 fully saturated rings. The molecule has 13 heavy (non-hydrogen) atoms. The summed E-state index contributed by atoms with van der Waals surface area (Å²) in [6, 6.07) is 7.61. The zero-order valence-electron chi connectivity index (χ0n) is 7.65. The van der Waals surface area contributed by atoms with Crippen molar-refractivity contribution in [3.05, 3.63) is 29.8 Å². The topological polar surface area (TPSA) is 46.2 Å². The lowest BCUT2D eigenvalue weighted by Gasteiger charge is -2.08. The van der Waals surface area contributed by atoms with E-state index in [0.29, 0.717) is 0 Å². The van der Waals surface area contributed by atoms with Crippen molar-refractivity contribution < 1.29 is 8.42 Å². The first-order valence-electron chi connectivity index (χ1n) is 4.06. The summed E-state index contributed by atoms with van der Waals surface area (Å²) >= 11 is 0. The van der Waals surface area contributed by atoms with E-state index in [9.17, 15) is 8.42 Å². The molecule has 0 aliphatic carbocycles. The van der Waals surface area contributed by atoms with E-state index in [1.165, 1.54) is 0 Å². The molecule has 1 atom stereocenters. The van der Waals surface area contributed by atoms with Crippen molar-refractivity contribution in [2.45, 2.75) is 19.2 Å². The van der Waals surface area contributed by atoms with Crippen LogP contribution in [0.5, 0.6) is 0 Å². The van der Waals surface area contributed by atoms with Crippen LogP contribution in [0.25, 0.3) is 0 Å². The fraction of sp³-hybridized carbons (Fsp3) is 0.333. The zero-order chi connectivity index (χ0) is 9.84. The zero-order valence-corrected chi connectivity index (χ0v) is 8.54. The largest absolute Gasteiger partial charge is 0.370 e. The summed E-state index contributed by atoms with van der Waals surface area (Å²) in [6.45, 7) is 3.60. The molecule has 0 aliphatic heterocycles. The number of thiol groups is 1. The highest BCUT2D eigenvalue weighted by Gasteiger charge is 2.02. The van der Waals surface area contributed by atoms with Gasteiger partial charge in [-0.2, -0.15) is 0 Å². The Morgan fingerprint density at radius 3 is 2.23 bits per heavy atom. The average molecular weight is 199 g/mol. The third-order valence-corrected chi connectivity index (χ3v) is 2.50. The van der Waals surface area contributed by atoms with E-state index in [-0.39, 0.29) is 0 Å². The molecule has 0 aliphatic rings. The lowest BCUT2D eigenvalue weighted by Crippen LogP contribution is -2.16. The number of aryl methyl sites for hydroxylation is 1. The monoisotopic (exact) mass is 199 g/mol. The number of anilines is 1. The molecule has 1 unspecified atom stereocenters. The van der Waals surface area contributed by atoms with Crippen molar-refractivity contribution in [2.24, 2.45) is 0 Å². The van der Waals surface area contributed by atoms with Crippen LogP contribution in [-0.4, -0.2) is 13.8 Å². The summed E-state index contributed by atoms with van der Waals surface area (Å²) in [5, 5.41) is 2.36. The van der Waals surface area contributed by atoms with Gasteiger partial charge in [0.2, 0.25) is 0 Å². The predicted octanol–water partition coefficient (Wildman–Crippen LogP) is 1.36. The van der Waals surface area contributed by atoms with Gasteiger partial charge in [-0.05, 0) is 26.0 Å². The first kappa shape index (κ1) is 10.1. The highest BCUT2D eigenvalue weighted by Crippen LogP contribution is 2.09. The molecule has 1 N–H and O–H groups in total. The van der Waals surface area contributed by atoms with Crippen molar-refractivity contribution in [3.8, 4) is 0 Å². The van der Waals surface area contributed by atoms with Crippen LogP contribution in [0.4, 0.5) is 5.69 Å². The lowest BCUT2D eigenvalue weighted by atomic mass is 10.2. The molecular weight excluding hydrogens is 186 g/mol. The number of benzene rings is 1. The molecule has 0 aromatic heterocycles. The van der Waals surface area contributed by atoms with Gasteiger partial charge in [0.05, 0.1) is 0 Å². The molecule has 3 nitrogen and oxygen atoms in total. The van der Waals surface area contributed by atoms with E-state index in [1.54, 1.807) is 6.92 Å². The van der Waals surface area contributed by atoms with Gasteiger partial charge in [-0.15, -0.1) is 0 Å². The number of nitrogens with one attached hydrogen (secondary N) is 1. The van der Waals surface area contributed by atoms with E-state index in [0.717, 1.165) is 11.3 Å². The van der Waals surface area contributed by atoms with Crippen LogP contribution in [0.1, 0.15) is 12.5 Å². The van der Waals surface area contributed by atoms with Crippen LogP contribution < -0.4 is 5.32 Å². The van der Waals surface area contributed by atoms with Crippen molar-refractivity contribution in [3.63, 3.8) is 0 Å². The van der Waals surface area contributed by atoms with Gasteiger partial charge in [0.25, 0.3) is 0 Å². The fourth-order valence-corrected chi connectivity index (χ4v) is 1.20. The molecule has 0 bridgehead atoms. The highest BCUT2D eigenvalue weighted by molar-refractivity contribution is 7.73. The molecule has 1 aromatic carbocycles. The maximum absolute atomic E-state index is 10.5. The Kier molecular flexibility index (Phi) is 3.31. The summed E-state index contributed by atoms with van der Waals surface area (Å²) < 4.78 is 21.1. The molecule has 0 amide bonds. The smallest absolute Gasteiger partial charge is 0.160 e. The van der Waals surface area contributed by atoms with Gasteiger partial charge >= 0.3 is 0 Å². The van der Waals surface area contributed by atoms with Gasteiger partial charge < -0.3 is 5.32 Å². The van der Waals surface area contributed by atoms with E-state index < -0.39 is 16.1 Å². The second-order valence-corrected chi connectivity index (χ2v) is 4.32. The minimum atomic E-state index is -2.40. The van der Waals surface area contributed by atoms with E-state index in [1.807, 2.05) is 31.2 Å². The Hall–Kier alpha value is -1.03. The summed E-state index contributed by atoms with van der Waals surface area (Å²) in [7, 11) is -2.40. The summed E-state index contributed by atoms with van der Waals surface area (Å²) in [5.74, 6) is 0. The maximum Gasteiger partial charge on any atom is 0.160 e. The van der Waals surface area contributed by atoms with Gasteiger partial charge in [0.15, 0.2) is 10.7 Å². The van der Waals surface area contributed by atoms with Crippen molar-refractivity contribution in [2.75, 3.05) is 5.32 Å². The first-order chi connectivity index (χ1) is 6.09. The van der Waals surface area contributed by atoms with Gasteiger partial charge in [0, 0.05) is 5.69 Å². The Morgan fingerprint density at radius 1 is 1.23 bits per heavy atom. The molecule has 0 spiro atoms. The molecule has 0 saturated carbocycles. The van der Waals surface area contributed by atoms with Crippen LogP contribution in [0.2, 0.25) is 0 Å². The van der Waals surface area contributed by atoms with Crippen LogP contribution in [0.3, 0.4) is 0 Å². The molecular formula is C9H13NO2S. The normalized spacial score (nSPS) is 12.8. The van der Waals surface area contributed by atoms with Crippen molar-refractivity contribution >= 4 is 16.4 Å². The summed E-state index contributed by atoms with van der Waals surface area (Å²) in [4.78, 5) is 0. The number of rotatable bonds is 3. The van der Waals surface area contributed by atoms with Crippen LogP contribution >= 0.6 is 0 Å². The van der Waals surface area contributed by atoms with Crippen molar-refractivity contribution in [1.82, 2.24) is 0 Å². The second kappa shape index (κ2) is 4.28. The Morgan fingerprint density at radius 2 is 1.77 bits per heavy atom. The lowest BCUT2D eigenvalue weighted by molar-refractivity contribution is 0.608. The van der Waals surface area contributed by atoms with Crippen LogP contribution in [0.15, 0.2) is 24.3 Å². The van der Waals surface area contributed by atoms with Gasteiger partial charge in [-0.3, -0.25) is 0 Å². The third kappa shape index (κ3) is 3.06. The highest BCUT2D eigenvalue weighted by atomic mass is 32.2. The van der Waals surface area contributed by atoms with E-state index in [2.05, 4.69) is 5.32 Å². The summed E-state index contributed by atoms with van der Waals surface area (Å²) in [6.07, 6.45) is 0. The number of hydrogen-bond donors (Lipinski definition) is 2. The molecule has 1 rings (SSSR count). The quantitative estimate of drug-likeness (QED) is 0.723. The van der Waals surface area contributed by atoms with E-state index in [4.69, 9.17) is 0 Å². The molecule has 72 valence electrons.